The van der Waals surface area contributed by atoms with Crippen molar-refractivity contribution in [3.05, 3.63) is 16.6 Å². The highest BCUT2D eigenvalue weighted by atomic mass is 32.1. The average molecular weight is 300 g/mol. The molecule has 1 rings (SSSR count). The van der Waals surface area contributed by atoms with Crippen molar-refractivity contribution in [2.75, 3.05) is 19.8 Å². The molecule has 0 saturated carbocycles. The Morgan fingerprint density at radius 2 is 2.20 bits per heavy atom. The van der Waals surface area contributed by atoms with Crippen LogP contribution < -0.4 is 5.32 Å². The van der Waals surface area contributed by atoms with Gasteiger partial charge < -0.3 is 15.2 Å². The Hall–Kier alpha value is -0.490. The van der Waals surface area contributed by atoms with E-state index in [9.17, 15) is 5.11 Å². The van der Waals surface area contributed by atoms with Crippen LogP contribution in [0.1, 0.15) is 45.5 Å². The predicted molar refractivity (Wildman–Crippen MR) is 84.0 cm³/mol. The molecule has 0 aliphatic rings. The van der Waals surface area contributed by atoms with Gasteiger partial charge in [0, 0.05) is 24.7 Å². The number of aliphatic hydroxyl groups excluding tert-OH is 1. The van der Waals surface area contributed by atoms with E-state index in [4.69, 9.17) is 4.74 Å². The van der Waals surface area contributed by atoms with Gasteiger partial charge in [-0.2, -0.15) is 0 Å². The Labute approximate surface area is 126 Å². The number of hydrogen-bond acceptors (Lipinski definition) is 5. The lowest BCUT2D eigenvalue weighted by Gasteiger charge is -2.25. The highest BCUT2D eigenvalue weighted by Gasteiger charge is 2.23. The third-order valence-corrected chi connectivity index (χ3v) is 4.22. The third-order valence-electron chi connectivity index (χ3n) is 3.13. The van der Waals surface area contributed by atoms with E-state index in [0.717, 1.165) is 18.0 Å². The topological polar surface area (TPSA) is 54.4 Å². The number of rotatable bonds is 10. The van der Waals surface area contributed by atoms with Gasteiger partial charge in [-0.3, -0.25) is 0 Å². The van der Waals surface area contributed by atoms with Gasteiger partial charge in [0.1, 0.15) is 5.01 Å². The van der Waals surface area contributed by atoms with Gasteiger partial charge in [-0.05, 0) is 32.6 Å². The minimum Gasteiger partial charge on any atom is -0.389 e. The standard InChI is InChI=1S/C15H28N2O2S/c1-12(2)6-5-8-19-11-13(18)10-17-15(3,4)14-16-7-9-20-14/h7,9,12-13,17-18H,5-6,8,10-11H2,1-4H3. The Balaban J connectivity index is 2.15. The molecule has 1 atom stereocenters. The second-order valence-electron chi connectivity index (χ2n) is 6.11. The molecule has 0 aliphatic carbocycles. The molecule has 0 aliphatic heterocycles. The predicted octanol–water partition coefficient (Wildman–Crippen LogP) is 2.78. The lowest BCUT2D eigenvalue weighted by molar-refractivity contribution is 0.0313. The van der Waals surface area contributed by atoms with Crippen LogP contribution in [0.5, 0.6) is 0 Å². The molecular weight excluding hydrogens is 272 g/mol. The van der Waals surface area contributed by atoms with Gasteiger partial charge in [0.2, 0.25) is 0 Å². The Bertz CT molecular complexity index is 353. The zero-order valence-corrected chi connectivity index (χ0v) is 13.9. The summed E-state index contributed by atoms with van der Waals surface area (Å²) < 4.78 is 5.50. The number of aliphatic hydroxyl groups is 1. The zero-order chi connectivity index (χ0) is 15.0. The van der Waals surface area contributed by atoms with E-state index in [2.05, 4.69) is 38.0 Å². The molecule has 0 saturated heterocycles. The maximum Gasteiger partial charge on any atom is 0.112 e. The third kappa shape index (κ3) is 6.79. The summed E-state index contributed by atoms with van der Waals surface area (Å²) in [4.78, 5) is 4.31. The van der Waals surface area contributed by atoms with Crippen LogP contribution in [0.25, 0.3) is 0 Å². The van der Waals surface area contributed by atoms with Crippen LogP contribution in [0.15, 0.2) is 11.6 Å². The average Bonchev–Trinajstić information content (AvgIpc) is 2.90. The molecule has 1 unspecified atom stereocenters. The number of hydrogen-bond donors (Lipinski definition) is 2. The van der Waals surface area contributed by atoms with Gasteiger partial charge >= 0.3 is 0 Å². The van der Waals surface area contributed by atoms with E-state index in [1.54, 1.807) is 17.5 Å². The van der Waals surface area contributed by atoms with E-state index in [1.807, 2.05) is 5.38 Å². The lowest BCUT2D eigenvalue weighted by Crippen LogP contribution is -2.42. The first kappa shape index (κ1) is 17.6. The first-order valence-electron chi connectivity index (χ1n) is 7.32. The van der Waals surface area contributed by atoms with Crippen LogP contribution in [-0.2, 0) is 10.3 Å². The van der Waals surface area contributed by atoms with Crippen molar-refractivity contribution in [3.63, 3.8) is 0 Å². The number of aromatic nitrogens is 1. The summed E-state index contributed by atoms with van der Waals surface area (Å²) in [5.74, 6) is 0.712. The largest absolute Gasteiger partial charge is 0.389 e. The van der Waals surface area contributed by atoms with Crippen LogP contribution in [0.4, 0.5) is 0 Å². The fourth-order valence-electron chi connectivity index (χ4n) is 1.85. The van der Waals surface area contributed by atoms with Crippen molar-refractivity contribution in [1.82, 2.24) is 10.3 Å². The first-order valence-corrected chi connectivity index (χ1v) is 8.20. The fraction of sp³-hybridized carbons (Fsp3) is 0.800. The summed E-state index contributed by atoms with van der Waals surface area (Å²) in [5, 5.41) is 16.2. The van der Waals surface area contributed by atoms with E-state index < -0.39 is 6.10 Å². The van der Waals surface area contributed by atoms with E-state index in [1.165, 1.54) is 6.42 Å². The van der Waals surface area contributed by atoms with Crippen LogP contribution in [0.2, 0.25) is 0 Å². The molecule has 0 fully saturated rings. The molecule has 0 bridgehead atoms. The minimum absolute atomic E-state index is 0.215. The molecule has 0 amide bonds. The van der Waals surface area contributed by atoms with Crippen molar-refractivity contribution in [2.45, 2.75) is 52.2 Å². The maximum atomic E-state index is 9.91. The summed E-state index contributed by atoms with van der Waals surface area (Å²) in [6, 6.07) is 0. The lowest BCUT2D eigenvalue weighted by atomic mass is 10.1. The van der Waals surface area contributed by atoms with E-state index >= 15 is 0 Å². The monoisotopic (exact) mass is 300 g/mol. The highest BCUT2D eigenvalue weighted by Crippen LogP contribution is 2.21. The first-order chi connectivity index (χ1) is 9.42. The molecule has 2 N–H and O–H groups in total. The van der Waals surface area contributed by atoms with Crippen molar-refractivity contribution in [2.24, 2.45) is 5.92 Å². The van der Waals surface area contributed by atoms with Crippen LogP contribution in [0.3, 0.4) is 0 Å². The second-order valence-corrected chi connectivity index (χ2v) is 7.00. The summed E-state index contributed by atoms with van der Waals surface area (Å²) >= 11 is 1.62. The number of nitrogens with zero attached hydrogens (tertiary/aromatic N) is 1. The van der Waals surface area contributed by atoms with Gasteiger partial charge in [0.05, 0.1) is 18.2 Å². The van der Waals surface area contributed by atoms with Crippen LogP contribution in [0, 0.1) is 5.92 Å². The van der Waals surface area contributed by atoms with Gasteiger partial charge in [0.15, 0.2) is 0 Å². The Kier molecular flexibility index (Phi) is 7.66. The van der Waals surface area contributed by atoms with Gasteiger partial charge in [0.25, 0.3) is 0 Å². The van der Waals surface area contributed by atoms with Crippen molar-refractivity contribution in [3.8, 4) is 0 Å². The van der Waals surface area contributed by atoms with Crippen molar-refractivity contribution in [1.29, 1.82) is 0 Å². The van der Waals surface area contributed by atoms with Crippen LogP contribution >= 0.6 is 11.3 Å². The number of thiazole rings is 1. The molecule has 4 nitrogen and oxygen atoms in total. The van der Waals surface area contributed by atoms with Gasteiger partial charge in [-0.1, -0.05) is 13.8 Å². The van der Waals surface area contributed by atoms with Crippen molar-refractivity contribution < 1.29 is 9.84 Å². The molecule has 1 aromatic heterocycles. The summed E-state index contributed by atoms with van der Waals surface area (Å²) in [7, 11) is 0. The smallest absolute Gasteiger partial charge is 0.112 e. The number of ether oxygens (including phenoxy) is 1. The van der Waals surface area contributed by atoms with E-state index in [0.29, 0.717) is 19.1 Å². The highest BCUT2D eigenvalue weighted by molar-refractivity contribution is 7.09. The molecule has 20 heavy (non-hydrogen) atoms. The fourth-order valence-corrected chi connectivity index (χ4v) is 2.59. The zero-order valence-electron chi connectivity index (χ0n) is 13.1. The van der Waals surface area contributed by atoms with Gasteiger partial charge in [-0.15, -0.1) is 11.3 Å². The summed E-state index contributed by atoms with van der Waals surface area (Å²) in [6.45, 7) is 10.2. The molecule has 116 valence electrons. The van der Waals surface area contributed by atoms with E-state index in [-0.39, 0.29) is 5.54 Å². The Morgan fingerprint density at radius 1 is 1.45 bits per heavy atom. The molecule has 0 radical (unpaired) electrons. The maximum absolute atomic E-state index is 9.91. The second kappa shape index (κ2) is 8.72. The summed E-state index contributed by atoms with van der Waals surface area (Å²) in [6.07, 6.45) is 3.55. The summed E-state index contributed by atoms with van der Waals surface area (Å²) in [5.41, 5.74) is -0.215. The normalized spacial score (nSPS) is 13.9. The molecule has 1 heterocycles. The number of nitrogens with one attached hydrogen (secondary N) is 1. The SMILES string of the molecule is CC(C)CCCOCC(O)CNC(C)(C)c1nccs1. The van der Waals surface area contributed by atoms with Crippen molar-refractivity contribution >= 4 is 11.3 Å². The molecule has 5 heteroatoms. The minimum atomic E-state index is -0.478. The van der Waals surface area contributed by atoms with Crippen LogP contribution in [-0.4, -0.2) is 36.0 Å². The van der Waals surface area contributed by atoms with Gasteiger partial charge in [-0.25, -0.2) is 4.98 Å². The molecule has 1 aromatic rings. The Morgan fingerprint density at radius 3 is 2.80 bits per heavy atom. The molecule has 0 aromatic carbocycles. The molecular formula is C15H28N2O2S. The quantitative estimate of drug-likeness (QED) is 0.652. The molecule has 0 spiro atoms.